The first kappa shape index (κ1) is 20.1. The molecule has 0 bridgehead atoms. The molecule has 3 rings (SSSR count). The SMILES string of the molecule is COc1cc2ncn(CCCC(=O)NC3CCNCC3C)c(=O)c2cc1OC. The van der Waals surface area contributed by atoms with Crippen molar-refractivity contribution in [2.45, 2.75) is 38.8 Å². The van der Waals surface area contributed by atoms with Crippen LogP contribution in [0.1, 0.15) is 26.2 Å². The number of amides is 1. The van der Waals surface area contributed by atoms with Crippen molar-refractivity contribution in [1.82, 2.24) is 20.2 Å². The average Bonchev–Trinajstić information content (AvgIpc) is 2.70. The highest BCUT2D eigenvalue weighted by Crippen LogP contribution is 2.29. The van der Waals surface area contributed by atoms with Crippen molar-refractivity contribution in [3.8, 4) is 11.5 Å². The summed E-state index contributed by atoms with van der Waals surface area (Å²) in [5, 5.41) is 6.91. The average molecular weight is 388 g/mol. The fraction of sp³-hybridized carbons (Fsp3) is 0.550. The smallest absolute Gasteiger partial charge is 0.261 e. The normalized spacial score (nSPS) is 19.4. The molecule has 8 nitrogen and oxygen atoms in total. The zero-order valence-corrected chi connectivity index (χ0v) is 16.7. The van der Waals surface area contributed by atoms with Crippen molar-refractivity contribution in [1.29, 1.82) is 0 Å². The number of aryl methyl sites for hydroxylation is 1. The van der Waals surface area contributed by atoms with E-state index in [1.807, 2.05) is 0 Å². The van der Waals surface area contributed by atoms with Gasteiger partial charge >= 0.3 is 0 Å². The van der Waals surface area contributed by atoms with Gasteiger partial charge in [-0.05, 0) is 37.9 Å². The van der Waals surface area contributed by atoms with E-state index in [0.29, 0.717) is 47.7 Å². The summed E-state index contributed by atoms with van der Waals surface area (Å²) < 4.78 is 12.1. The topological polar surface area (TPSA) is 94.5 Å². The van der Waals surface area contributed by atoms with E-state index < -0.39 is 0 Å². The first-order valence-electron chi connectivity index (χ1n) is 9.64. The molecule has 1 amide bonds. The van der Waals surface area contributed by atoms with Crippen LogP contribution >= 0.6 is 0 Å². The summed E-state index contributed by atoms with van der Waals surface area (Å²) >= 11 is 0. The number of benzene rings is 1. The second-order valence-corrected chi connectivity index (χ2v) is 7.22. The van der Waals surface area contributed by atoms with Crippen molar-refractivity contribution in [2.24, 2.45) is 5.92 Å². The van der Waals surface area contributed by atoms with Crippen LogP contribution in [0.25, 0.3) is 10.9 Å². The van der Waals surface area contributed by atoms with Crippen molar-refractivity contribution >= 4 is 16.8 Å². The predicted molar refractivity (Wildman–Crippen MR) is 107 cm³/mol. The zero-order chi connectivity index (χ0) is 20.1. The van der Waals surface area contributed by atoms with Gasteiger partial charge in [0, 0.05) is 25.1 Å². The number of aromatic nitrogens is 2. The Balaban J connectivity index is 1.63. The highest BCUT2D eigenvalue weighted by Gasteiger charge is 2.22. The first-order chi connectivity index (χ1) is 13.5. The van der Waals surface area contributed by atoms with E-state index in [9.17, 15) is 9.59 Å². The van der Waals surface area contributed by atoms with Gasteiger partial charge in [-0.15, -0.1) is 0 Å². The molecule has 0 aliphatic carbocycles. The largest absolute Gasteiger partial charge is 0.493 e. The minimum Gasteiger partial charge on any atom is -0.493 e. The number of carbonyl (C=O) groups is 1. The number of hydrogen-bond donors (Lipinski definition) is 2. The molecule has 1 fully saturated rings. The molecule has 1 aliphatic rings. The molecule has 1 saturated heterocycles. The molecule has 0 radical (unpaired) electrons. The van der Waals surface area contributed by atoms with Gasteiger partial charge in [-0.25, -0.2) is 4.98 Å². The van der Waals surface area contributed by atoms with Gasteiger partial charge in [0.15, 0.2) is 11.5 Å². The van der Waals surface area contributed by atoms with Crippen LogP contribution in [0.4, 0.5) is 0 Å². The monoisotopic (exact) mass is 388 g/mol. The summed E-state index contributed by atoms with van der Waals surface area (Å²) in [6.07, 6.45) is 3.42. The third kappa shape index (κ3) is 4.44. The lowest BCUT2D eigenvalue weighted by Gasteiger charge is -2.30. The van der Waals surface area contributed by atoms with Gasteiger partial charge < -0.3 is 20.1 Å². The Morgan fingerprint density at radius 2 is 2.07 bits per heavy atom. The fourth-order valence-electron chi connectivity index (χ4n) is 3.56. The fourth-order valence-corrected chi connectivity index (χ4v) is 3.56. The van der Waals surface area contributed by atoms with Crippen LogP contribution in [0.5, 0.6) is 11.5 Å². The van der Waals surface area contributed by atoms with Crippen molar-refractivity contribution in [3.05, 3.63) is 28.8 Å². The second-order valence-electron chi connectivity index (χ2n) is 7.22. The molecule has 0 spiro atoms. The third-order valence-electron chi connectivity index (χ3n) is 5.26. The van der Waals surface area contributed by atoms with E-state index in [4.69, 9.17) is 9.47 Å². The molecule has 8 heteroatoms. The number of hydrogen-bond acceptors (Lipinski definition) is 6. The van der Waals surface area contributed by atoms with Crippen LogP contribution in [-0.4, -0.2) is 48.8 Å². The molecule has 1 aromatic heterocycles. The van der Waals surface area contributed by atoms with Crippen LogP contribution in [0.2, 0.25) is 0 Å². The number of piperidine rings is 1. The Morgan fingerprint density at radius 3 is 2.79 bits per heavy atom. The van der Waals surface area contributed by atoms with Gasteiger partial charge in [0.2, 0.25) is 5.91 Å². The highest BCUT2D eigenvalue weighted by molar-refractivity contribution is 5.81. The molecule has 0 saturated carbocycles. The number of carbonyl (C=O) groups excluding carboxylic acids is 1. The molecule has 2 unspecified atom stereocenters. The van der Waals surface area contributed by atoms with Gasteiger partial charge in [0.05, 0.1) is 31.4 Å². The number of methoxy groups -OCH3 is 2. The maximum Gasteiger partial charge on any atom is 0.261 e. The lowest BCUT2D eigenvalue weighted by molar-refractivity contribution is -0.122. The van der Waals surface area contributed by atoms with Crippen LogP contribution < -0.4 is 25.7 Å². The van der Waals surface area contributed by atoms with Crippen LogP contribution in [0.15, 0.2) is 23.3 Å². The van der Waals surface area contributed by atoms with Crippen molar-refractivity contribution in [3.63, 3.8) is 0 Å². The Labute approximate surface area is 164 Å². The predicted octanol–water partition coefficient (Wildman–Crippen LogP) is 1.31. The summed E-state index contributed by atoms with van der Waals surface area (Å²) in [7, 11) is 3.07. The molecule has 1 aromatic carbocycles. The standard InChI is InChI=1S/C20H28N4O4/c1-13-11-21-7-6-15(13)23-19(25)5-4-8-24-12-22-16-10-18(28-3)17(27-2)9-14(16)20(24)26/h9-10,12-13,15,21H,4-8,11H2,1-3H3,(H,23,25). The third-order valence-corrected chi connectivity index (χ3v) is 5.26. The summed E-state index contributed by atoms with van der Waals surface area (Å²) in [5.74, 6) is 1.48. The number of nitrogens with zero attached hydrogens (tertiary/aromatic N) is 2. The Morgan fingerprint density at radius 1 is 1.32 bits per heavy atom. The zero-order valence-electron chi connectivity index (χ0n) is 16.7. The van der Waals surface area contributed by atoms with Gasteiger partial charge in [-0.1, -0.05) is 6.92 Å². The maximum atomic E-state index is 12.8. The van der Waals surface area contributed by atoms with E-state index in [1.54, 1.807) is 19.2 Å². The molecule has 2 aromatic rings. The molecular weight excluding hydrogens is 360 g/mol. The van der Waals surface area contributed by atoms with Gasteiger partial charge in [-0.3, -0.25) is 14.2 Å². The molecule has 28 heavy (non-hydrogen) atoms. The van der Waals surface area contributed by atoms with E-state index in [0.717, 1.165) is 19.5 Å². The van der Waals surface area contributed by atoms with Crippen LogP contribution in [0, 0.1) is 5.92 Å². The summed E-state index contributed by atoms with van der Waals surface area (Å²) in [5.41, 5.74) is 0.398. The molecule has 152 valence electrons. The van der Waals surface area contributed by atoms with Crippen LogP contribution in [0.3, 0.4) is 0 Å². The van der Waals surface area contributed by atoms with Gasteiger partial charge in [-0.2, -0.15) is 0 Å². The molecule has 1 aliphatic heterocycles. The van der Waals surface area contributed by atoms with E-state index in [1.165, 1.54) is 18.0 Å². The number of fused-ring (bicyclic) bond motifs is 1. The number of rotatable bonds is 7. The quantitative estimate of drug-likeness (QED) is 0.743. The maximum absolute atomic E-state index is 12.8. The van der Waals surface area contributed by atoms with E-state index in [2.05, 4.69) is 22.5 Å². The van der Waals surface area contributed by atoms with Crippen molar-refractivity contribution < 1.29 is 14.3 Å². The van der Waals surface area contributed by atoms with Crippen LogP contribution in [-0.2, 0) is 11.3 Å². The first-order valence-corrected chi connectivity index (χ1v) is 9.64. The summed E-state index contributed by atoms with van der Waals surface area (Å²) in [6.45, 7) is 4.44. The Hall–Kier alpha value is -2.61. The Bertz CT molecular complexity index is 896. The minimum atomic E-state index is -0.154. The molecule has 2 atom stereocenters. The lowest BCUT2D eigenvalue weighted by Crippen LogP contribution is -2.48. The lowest BCUT2D eigenvalue weighted by atomic mass is 9.95. The van der Waals surface area contributed by atoms with Gasteiger partial charge in [0.1, 0.15) is 0 Å². The molecule has 2 heterocycles. The van der Waals surface area contributed by atoms with E-state index in [-0.39, 0.29) is 17.5 Å². The van der Waals surface area contributed by atoms with E-state index >= 15 is 0 Å². The van der Waals surface area contributed by atoms with Gasteiger partial charge in [0.25, 0.3) is 5.56 Å². The number of ether oxygens (including phenoxy) is 2. The Kier molecular flexibility index (Phi) is 6.51. The second kappa shape index (κ2) is 9.05. The van der Waals surface area contributed by atoms with Crippen molar-refractivity contribution in [2.75, 3.05) is 27.3 Å². The minimum absolute atomic E-state index is 0.0342. The molecule has 2 N–H and O–H groups in total. The number of nitrogens with one attached hydrogen (secondary N) is 2. The summed E-state index contributed by atoms with van der Waals surface area (Å²) in [4.78, 5) is 29.3. The summed E-state index contributed by atoms with van der Waals surface area (Å²) in [6, 6.07) is 3.56. The molecular formula is C20H28N4O4. The highest BCUT2D eigenvalue weighted by atomic mass is 16.5.